The van der Waals surface area contributed by atoms with Gasteiger partial charge in [-0.2, -0.15) is 0 Å². The first-order valence-corrected chi connectivity index (χ1v) is 6.36. The summed E-state index contributed by atoms with van der Waals surface area (Å²) in [6.07, 6.45) is 0.601. The molecule has 106 valence electrons. The van der Waals surface area contributed by atoms with E-state index < -0.39 is 0 Å². The lowest BCUT2D eigenvalue weighted by atomic mass is 9.98. The quantitative estimate of drug-likeness (QED) is 0.912. The Morgan fingerprint density at radius 3 is 2.35 bits per heavy atom. The minimum atomic E-state index is -0.325. The van der Waals surface area contributed by atoms with Crippen LogP contribution in [0.1, 0.15) is 17.2 Å². The van der Waals surface area contributed by atoms with Gasteiger partial charge in [-0.3, -0.25) is 0 Å². The van der Waals surface area contributed by atoms with E-state index in [1.807, 2.05) is 24.3 Å². The second-order valence-corrected chi connectivity index (χ2v) is 4.54. The molecule has 2 N–H and O–H groups in total. The summed E-state index contributed by atoms with van der Waals surface area (Å²) >= 11 is 0. The number of benzene rings is 2. The van der Waals surface area contributed by atoms with Gasteiger partial charge in [-0.1, -0.05) is 12.1 Å². The summed E-state index contributed by atoms with van der Waals surface area (Å²) in [5, 5.41) is 0. The van der Waals surface area contributed by atoms with Crippen LogP contribution < -0.4 is 15.2 Å². The van der Waals surface area contributed by atoms with E-state index >= 15 is 0 Å². The molecular formula is C16H18FNO2. The lowest BCUT2D eigenvalue weighted by Gasteiger charge is -2.16. The van der Waals surface area contributed by atoms with Crippen LogP contribution in [0, 0.1) is 5.82 Å². The first-order valence-electron chi connectivity index (χ1n) is 6.36. The maximum absolute atomic E-state index is 13.4. The lowest BCUT2D eigenvalue weighted by molar-refractivity contribution is 0.403. The smallest absolute Gasteiger partial charge is 0.123 e. The van der Waals surface area contributed by atoms with Gasteiger partial charge in [-0.15, -0.1) is 0 Å². The summed E-state index contributed by atoms with van der Waals surface area (Å²) in [5.41, 5.74) is 7.89. The Bertz CT molecular complexity index is 569. The average Bonchev–Trinajstić information content (AvgIpc) is 2.48. The Kier molecular flexibility index (Phi) is 4.58. The fourth-order valence-electron chi connectivity index (χ4n) is 2.12. The van der Waals surface area contributed by atoms with Crippen molar-refractivity contribution >= 4 is 0 Å². The van der Waals surface area contributed by atoms with Crippen LogP contribution in [0.5, 0.6) is 11.5 Å². The Morgan fingerprint density at radius 2 is 1.75 bits per heavy atom. The molecule has 0 heterocycles. The van der Waals surface area contributed by atoms with Crippen molar-refractivity contribution in [1.29, 1.82) is 0 Å². The highest BCUT2D eigenvalue weighted by Gasteiger charge is 2.13. The Labute approximate surface area is 118 Å². The monoisotopic (exact) mass is 275 g/mol. The normalized spacial score (nSPS) is 12.0. The molecule has 0 saturated carbocycles. The minimum absolute atomic E-state index is 0.314. The first kappa shape index (κ1) is 14.3. The molecule has 0 aromatic heterocycles. The fourth-order valence-corrected chi connectivity index (χ4v) is 2.12. The zero-order valence-electron chi connectivity index (χ0n) is 11.6. The highest BCUT2D eigenvalue weighted by atomic mass is 19.1. The molecule has 1 atom stereocenters. The van der Waals surface area contributed by atoms with Crippen molar-refractivity contribution in [3.8, 4) is 11.5 Å². The van der Waals surface area contributed by atoms with E-state index in [2.05, 4.69) is 0 Å². The van der Waals surface area contributed by atoms with E-state index in [4.69, 9.17) is 15.2 Å². The first-order chi connectivity index (χ1) is 9.63. The zero-order chi connectivity index (χ0) is 14.5. The summed E-state index contributed by atoms with van der Waals surface area (Å²) in [5.74, 6) is 1.09. The largest absolute Gasteiger partial charge is 0.497 e. The molecule has 0 aliphatic rings. The maximum atomic E-state index is 13.4. The third kappa shape index (κ3) is 3.27. The van der Waals surface area contributed by atoms with Gasteiger partial charge in [-0.25, -0.2) is 4.39 Å². The molecule has 0 amide bonds. The van der Waals surface area contributed by atoms with Crippen LogP contribution in [-0.4, -0.2) is 14.2 Å². The fraction of sp³-hybridized carbons (Fsp3) is 0.250. The molecule has 2 aromatic carbocycles. The highest BCUT2D eigenvalue weighted by molar-refractivity contribution is 5.38. The predicted molar refractivity (Wildman–Crippen MR) is 76.6 cm³/mol. The van der Waals surface area contributed by atoms with Crippen LogP contribution in [0.25, 0.3) is 0 Å². The van der Waals surface area contributed by atoms with E-state index in [1.54, 1.807) is 20.3 Å². The Morgan fingerprint density at radius 1 is 1.05 bits per heavy atom. The molecule has 4 heteroatoms. The average molecular weight is 275 g/mol. The third-order valence-electron chi connectivity index (χ3n) is 3.21. The van der Waals surface area contributed by atoms with Crippen molar-refractivity contribution in [2.75, 3.05) is 14.2 Å². The van der Waals surface area contributed by atoms with Gasteiger partial charge in [0.25, 0.3) is 0 Å². The number of hydrogen-bond acceptors (Lipinski definition) is 3. The minimum Gasteiger partial charge on any atom is -0.497 e. The van der Waals surface area contributed by atoms with Gasteiger partial charge in [0.05, 0.1) is 14.2 Å². The van der Waals surface area contributed by atoms with E-state index in [-0.39, 0.29) is 11.9 Å². The zero-order valence-corrected chi connectivity index (χ0v) is 11.6. The van der Waals surface area contributed by atoms with Crippen LogP contribution >= 0.6 is 0 Å². The van der Waals surface area contributed by atoms with Crippen LogP contribution in [0.2, 0.25) is 0 Å². The van der Waals surface area contributed by atoms with Crippen molar-refractivity contribution in [2.24, 2.45) is 5.73 Å². The van der Waals surface area contributed by atoms with Crippen molar-refractivity contribution in [2.45, 2.75) is 12.5 Å². The van der Waals surface area contributed by atoms with E-state index in [1.165, 1.54) is 12.1 Å². The van der Waals surface area contributed by atoms with Crippen molar-refractivity contribution in [1.82, 2.24) is 0 Å². The number of nitrogens with two attached hydrogens (primary N) is 1. The highest BCUT2D eigenvalue weighted by Crippen LogP contribution is 2.27. The molecule has 1 unspecified atom stereocenters. The van der Waals surface area contributed by atoms with E-state index in [0.29, 0.717) is 17.7 Å². The molecule has 0 aliphatic carbocycles. The Balaban J connectivity index is 2.18. The van der Waals surface area contributed by atoms with Gasteiger partial charge in [0, 0.05) is 11.6 Å². The molecule has 2 aromatic rings. The second kappa shape index (κ2) is 6.39. The maximum Gasteiger partial charge on any atom is 0.123 e. The molecule has 0 saturated heterocycles. The summed E-state index contributed by atoms with van der Waals surface area (Å²) < 4.78 is 23.7. The van der Waals surface area contributed by atoms with Crippen molar-refractivity contribution < 1.29 is 13.9 Å². The summed E-state index contributed by atoms with van der Waals surface area (Å²) in [6.45, 7) is 0. The molecule has 2 rings (SSSR count). The molecule has 0 fully saturated rings. The standard InChI is InChI=1S/C16H18FNO2/c1-19-13-6-3-11(4-7-13)9-15(18)14-10-12(17)5-8-16(14)20-2/h3-8,10,15H,9,18H2,1-2H3. The van der Waals surface area contributed by atoms with Gasteiger partial charge < -0.3 is 15.2 Å². The van der Waals surface area contributed by atoms with Crippen LogP contribution in [0.3, 0.4) is 0 Å². The van der Waals surface area contributed by atoms with E-state index in [0.717, 1.165) is 11.3 Å². The molecule has 0 aliphatic heterocycles. The molecule has 20 heavy (non-hydrogen) atoms. The number of halogens is 1. The van der Waals surface area contributed by atoms with Gasteiger partial charge >= 0.3 is 0 Å². The Hall–Kier alpha value is -2.07. The van der Waals surface area contributed by atoms with Gasteiger partial charge in [-0.05, 0) is 42.3 Å². The second-order valence-electron chi connectivity index (χ2n) is 4.54. The van der Waals surface area contributed by atoms with Gasteiger partial charge in [0.2, 0.25) is 0 Å². The molecule has 0 spiro atoms. The number of ether oxygens (including phenoxy) is 2. The summed E-state index contributed by atoms with van der Waals surface area (Å²) in [7, 11) is 3.18. The van der Waals surface area contributed by atoms with Gasteiger partial charge in [0.15, 0.2) is 0 Å². The lowest BCUT2D eigenvalue weighted by Crippen LogP contribution is -2.14. The molecule has 0 bridgehead atoms. The third-order valence-corrected chi connectivity index (χ3v) is 3.21. The van der Waals surface area contributed by atoms with Crippen LogP contribution in [0.4, 0.5) is 4.39 Å². The molecular weight excluding hydrogens is 257 g/mol. The SMILES string of the molecule is COc1ccc(CC(N)c2cc(F)ccc2OC)cc1. The number of rotatable bonds is 5. The van der Waals surface area contributed by atoms with Gasteiger partial charge in [0.1, 0.15) is 17.3 Å². The topological polar surface area (TPSA) is 44.5 Å². The number of methoxy groups -OCH3 is 2. The molecule has 0 radical (unpaired) electrons. The predicted octanol–water partition coefficient (Wildman–Crippen LogP) is 3.09. The van der Waals surface area contributed by atoms with Crippen molar-refractivity contribution in [3.05, 3.63) is 59.4 Å². The molecule has 3 nitrogen and oxygen atoms in total. The summed E-state index contributed by atoms with van der Waals surface area (Å²) in [4.78, 5) is 0. The summed E-state index contributed by atoms with van der Waals surface area (Å²) in [6, 6.07) is 11.7. The van der Waals surface area contributed by atoms with Crippen molar-refractivity contribution in [3.63, 3.8) is 0 Å². The van der Waals surface area contributed by atoms with E-state index in [9.17, 15) is 4.39 Å². The van der Waals surface area contributed by atoms with Crippen LogP contribution in [0.15, 0.2) is 42.5 Å². The van der Waals surface area contributed by atoms with Crippen LogP contribution in [-0.2, 0) is 6.42 Å². The number of hydrogen-bond donors (Lipinski definition) is 1.